The van der Waals surface area contributed by atoms with E-state index in [0.717, 1.165) is 25.1 Å². The molecule has 130 valence electrons. The molecule has 0 radical (unpaired) electrons. The number of ether oxygens (including phenoxy) is 1. The normalized spacial score (nSPS) is 18.0. The fraction of sp³-hybridized carbons (Fsp3) is 0.625. The molecule has 2 rings (SSSR count). The van der Waals surface area contributed by atoms with Crippen LogP contribution in [0, 0.1) is 6.92 Å². The van der Waals surface area contributed by atoms with Gasteiger partial charge in [0, 0.05) is 32.2 Å². The third kappa shape index (κ3) is 5.86. The van der Waals surface area contributed by atoms with Crippen LogP contribution in [0.5, 0.6) is 0 Å². The molecule has 1 aliphatic rings. The van der Waals surface area contributed by atoms with Gasteiger partial charge in [0.2, 0.25) is 0 Å². The number of nitrogens with one attached hydrogen (secondary N) is 2. The van der Waals surface area contributed by atoms with Gasteiger partial charge in [-0.1, -0.05) is 36.8 Å². The third-order valence-corrected chi connectivity index (χ3v) is 5.05. The summed E-state index contributed by atoms with van der Waals surface area (Å²) in [6.07, 6.45) is 0.770. The Morgan fingerprint density at radius 1 is 1.26 bits per heavy atom. The first-order chi connectivity index (χ1) is 11.0. The number of nitrogens with zero attached hydrogens (tertiary/aromatic N) is 1. The van der Waals surface area contributed by atoms with Gasteiger partial charge in [0.05, 0.1) is 13.2 Å². The maximum Gasteiger partial charge on any atom is 0.276 e. The van der Waals surface area contributed by atoms with E-state index in [0.29, 0.717) is 26.3 Å². The van der Waals surface area contributed by atoms with Gasteiger partial charge < -0.3 is 4.74 Å². The Kier molecular flexibility index (Phi) is 6.98. The molecule has 0 bridgehead atoms. The molecule has 0 saturated carbocycles. The van der Waals surface area contributed by atoms with Gasteiger partial charge in [-0.3, -0.25) is 4.90 Å². The van der Waals surface area contributed by atoms with Crippen LogP contribution in [0.25, 0.3) is 0 Å². The summed E-state index contributed by atoms with van der Waals surface area (Å²) in [6.45, 7) is 7.76. The first-order valence-electron chi connectivity index (χ1n) is 8.14. The summed E-state index contributed by atoms with van der Waals surface area (Å²) < 4.78 is 34.7. The largest absolute Gasteiger partial charge is 0.379 e. The lowest BCUT2D eigenvalue weighted by atomic mass is 10.0. The van der Waals surface area contributed by atoms with Crippen molar-refractivity contribution in [2.45, 2.75) is 26.3 Å². The molecule has 0 aliphatic carbocycles. The van der Waals surface area contributed by atoms with Crippen molar-refractivity contribution in [3.63, 3.8) is 0 Å². The van der Waals surface area contributed by atoms with Gasteiger partial charge in [-0.15, -0.1) is 0 Å². The second kappa shape index (κ2) is 8.75. The van der Waals surface area contributed by atoms with Crippen molar-refractivity contribution in [3.05, 3.63) is 35.4 Å². The van der Waals surface area contributed by atoms with Crippen molar-refractivity contribution >= 4 is 10.2 Å². The van der Waals surface area contributed by atoms with Crippen LogP contribution in [0.3, 0.4) is 0 Å². The van der Waals surface area contributed by atoms with E-state index < -0.39 is 10.2 Å². The molecule has 1 unspecified atom stereocenters. The lowest BCUT2D eigenvalue weighted by molar-refractivity contribution is 0.0172. The van der Waals surface area contributed by atoms with E-state index in [2.05, 4.69) is 26.5 Å². The Hall–Kier alpha value is -0.990. The van der Waals surface area contributed by atoms with Gasteiger partial charge in [-0.25, -0.2) is 9.44 Å². The average molecular weight is 341 g/mol. The smallest absolute Gasteiger partial charge is 0.276 e. The third-order valence-electron chi connectivity index (χ3n) is 3.92. The molecule has 1 aliphatic heterocycles. The van der Waals surface area contributed by atoms with Crippen molar-refractivity contribution in [1.82, 2.24) is 14.3 Å². The maximum absolute atomic E-state index is 12.0. The number of benzene rings is 1. The van der Waals surface area contributed by atoms with Crippen LogP contribution < -0.4 is 9.44 Å². The standard InChI is InChI=1S/C16H27N3O3S/c1-3-7-17-23(20,21)18-13-16(19-8-10-22-11-9-19)15-6-4-5-14(2)12-15/h4-6,12,16-18H,3,7-11,13H2,1-2H3. The number of morpholine rings is 1. The first-order valence-corrected chi connectivity index (χ1v) is 9.63. The fourth-order valence-electron chi connectivity index (χ4n) is 2.70. The first kappa shape index (κ1) is 18.4. The molecule has 0 amide bonds. The summed E-state index contributed by atoms with van der Waals surface area (Å²) in [5.41, 5.74) is 2.30. The number of hydrogen-bond donors (Lipinski definition) is 2. The molecule has 1 saturated heterocycles. The summed E-state index contributed by atoms with van der Waals surface area (Å²) in [4.78, 5) is 2.28. The second-order valence-corrected chi connectivity index (χ2v) is 7.41. The molecular formula is C16H27N3O3S. The summed E-state index contributed by atoms with van der Waals surface area (Å²) >= 11 is 0. The summed E-state index contributed by atoms with van der Waals surface area (Å²) in [5, 5.41) is 0. The SMILES string of the molecule is CCCNS(=O)(=O)NCC(c1cccc(C)c1)N1CCOCC1. The zero-order chi connectivity index (χ0) is 16.7. The van der Waals surface area contributed by atoms with Crippen LogP contribution in [0.15, 0.2) is 24.3 Å². The van der Waals surface area contributed by atoms with Gasteiger partial charge in [0.15, 0.2) is 0 Å². The van der Waals surface area contributed by atoms with Gasteiger partial charge in [-0.05, 0) is 18.9 Å². The van der Waals surface area contributed by atoms with Gasteiger partial charge >= 0.3 is 0 Å². The Labute approximate surface area is 139 Å². The molecular weight excluding hydrogens is 314 g/mol. The van der Waals surface area contributed by atoms with Crippen LogP contribution in [0.4, 0.5) is 0 Å². The van der Waals surface area contributed by atoms with Gasteiger partial charge in [0.1, 0.15) is 0 Å². The molecule has 1 aromatic rings. The van der Waals surface area contributed by atoms with E-state index in [1.54, 1.807) is 0 Å². The van der Waals surface area contributed by atoms with Crippen molar-refractivity contribution in [2.75, 3.05) is 39.4 Å². The van der Waals surface area contributed by atoms with Crippen LogP contribution >= 0.6 is 0 Å². The van der Waals surface area contributed by atoms with E-state index in [-0.39, 0.29) is 6.04 Å². The van der Waals surface area contributed by atoms with Crippen LogP contribution in [-0.4, -0.2) is 52.7 Å². The molecule has 23 heavy (non-hydrogen) atoms. The predicted molar refractivity (Wildman–Crippen MR) is 91.5 cm³/mol. The van der Waals surface area contributed by atoms with Crippen molar-refractivity contribution < 1.29 is 13.2 Å². The van der Waals surface area contributed by atoms with Gasteiger partial charge in [-0.2, -0.15) is 8.42 Å². The minimum atomic E-state index is -3.45. The fourth-order valence-corrected chi connectivity index (χ4v) is 3.65. The molecule has 1 aromatic carbocycles. The monoisotopic (exact) mass is 341 g/mol. The Bertz CT molecular complexity index is 586. The minimum absolute atomic E-state index is 0.0111. The van der Waals surface area contributed by atoms with Crippen molar-refractivity contribution in [2.24, 2.45) is 0 Å². The van der Waals surface area contributed by atoms with Crippen molar-refractivity contribution in [1.29, 1.82) is 0 Å². The molecule has 6 nitrogen and oxygen atoms in total. The maximum atomic E-state index is 12.0. The average Bonchev–Trinajstić information content (AvgIpc) is 2.54. The summed E-state index contributed by atoms with van der Waals surface area (Å²) in [7, 11) is -3.45. The molecule has 2 N–H and O–H groups in total. The summed E-state index contributed by atoms with van der Waals surface area (Å²) in [6, 6.07) is 8.25. The van der Waals surface area contributed by atoms with E-state index in [1.165, 1.54) is 5.56 Å². The van der Waals surface area contributed by atoms with Crippen LogP contribution in [0.2, 0.25) is 0 Å². The topological polar surface area (TPSA) is 70.7 Å². The van der Waals surface area contributed by atoms with Gasteiger partial charge in [0.25, 0.3) is 10.2 Å². The zero-order valence-electron chi connectivity index (χ0n) is 13.9. The molecule has 0 spiro atoms. The molecule has 1 fully saturated rings. The highest BCUT2D eigenvalue weighted by Crippen LogP contribution is 2.22. The van der Waals surface area contributed by atoms with Crippen LogP contribution in [0.1, 0.15) is 30.5 Å². The van der Waals surface area contributed by atoms with E-state index in [1.807, 2.05) is 26.0 Å². The van der Waals surface area contributed by atoms with Crippen LogP contribution in [-0.2, 0) is 14.9 Å². The molecule has 1 atom stereocenters. The Balaban J connectivity index is 2.10. The quantitative estimate of drug-likeness (QED) is 0.745. The highest BCUT2D eigenvalue weighted by Gasteiger charge is 2.24. The second-order valence-electron chi connectivity index (χ2n) is 5.82. The Morgan fingerprint density at radius 2 is 2.00 bits per heavy atom. The predicted octanol–water partition coefficient (Wildman–Crippen LogP) is 1.20. The lowest BCUT2D eigenvalue weighted by Crippen LogP contribution is -2.46. The molecule has 0 aromatic heterocycles. The summed E-state index contributed by atoms with van der Waals surface area (Å²) in [5.74, 6) is 0. The zero-order valence-corrected chi connectivity index (χ0v) is 14.7. The number of rotatable bonds is 8. The lowest BCUT2D eigenvalue weighted by Gasteiger charge is -2.35. The molecule has 7 heteroatoms. The highest BCUT2D eigenvalue weighted by molar-refractivity contribution is 7.87. The number of aryl methyl sites for hydroxylation is 1. The number of hydrogen-bond acceptors (Lipinski definition) is 4. The Morgan fingerprint density at radius 3 is 2.65 bits per heavy atom. The van der Waals surface area contributed by atoms with E-state index in [9.17, 15) is 8.42 Å². The minimum Gasteiger partial charge on any atom is -0.379 e. The van der Waals surface area contributed by atoms with E-state index >= 15 is 0 Å². The van der Waals surface area contributed by atoms with E-state index in [4.69, 9.17) is 4.74 Å². The highest BCUT2D eigenvalue weighted by atomic mass is 32.2. The van der Waals surface area contributed by atoms with Crippen molar-refractivity contribution in [3.8, 4) is 0 Å². The molecule has 1 heterocycles.